The van der Waals surface area contributed by atoms with Gasteiger partial charge in [-0.25, -0.2) is 4.98 Å². The monoisotopic (exact) mass is 239 g/mol. The lowest BCUT2D eigenvalue weighted by atomic mass is 9.99. The van der Waals surface area contributed by atoms with Gasteiger partial charge in [-0.15, -0.1) is 11.3 Å². The lowest BCUT2D eigenvalue weighted by Crippen LogP contribution is -2.38. The van der Waals surface area contributed by atoms with Gasteiger partial charge >= 0.3 is 0 Å². The highest BCUT2D eigenvalue weighted by molar-refractivity contribution is 7.13. The highest BCUT2D eigenvalue weighted by Gasteiger charge is 2.17. The lowest BCUT2D eigenvalue weighted by molar-refractivity contribution is 0.378. The van der Waals surface area contributed by atoms with Gasteiger partial charge in [0.25, 0.3) is 0 Å². The predicted molar refractivity (Wildman–Crippen MR) is 70.3 cm³/mol. The van der Waals surface area contributed by atoms with Gasteiger partial charge < -0.3 is 10.2 Å². The first-order valence-corrected chi connectivity index (χ1v) is 7.05. The van der Waals surface area contributed by atoms with E-state index in [9.17, 15) is 0 Å². The Kier molecular flexibility index (Phi) is 4.18. The molecule has 90 valence electrons. The number of nitrogens with zero attached hydrogens (tertiary/aromatic N) is 2. The van der Waals surface area contributed by atoms with E-state index < -0.39 is 0 Å². The fourth-order valence-corrected chi connectivity index (χ4v) is 3.10. The largest absolute Gasteiger partial charge is 0.348 e. The second-order valence-electron chi connectivity index (χ2n) is 4.52. The average molecular weight is 239 g/mol. The Labute approximate surface area is 102 Å². The maximum atomic E-state index is 4.57. The van der Waals surface area contributed by atoms with Crippen LogP contribution in [0.5, 0.6) is 0 Å². The molecule has 0 bridgehead atoms. The Hall–Kier alpha value is -0.610. The van der Waals surface area contributed by atoms with Crippen LogP contribution in [0.25, 0.3) is 0 Å². The first-order chi connectivity index (χ1) is 7.79. The van der Waals surface area contributed by atoms with Crippen LogP contribution in [0.2, 0.25) is 0 Å². The van der Waals surface area contributed by atoms with Crippen LogP contribution in [0, 0.1) is 12.8 Å². The standard InChI is InChI=1S/C12H21N3S/c1-3-15(12-14-10(2)9-16-12)8-11-5-4-6-13-7-11/h9,11,13H,3-8H2,1-2H3. The van der Waals surface area contributed by atoms with Crippen LogP contribution in [0.1, 0.15) is 25.5 Å². The number of aryl methyl sites for hydroxylation is 1. The van der Waals surface area contributed by atoms with E-state index in [1.54, 1.807) is 11.3 Å². The topological polar surface area (TPSA) is 28.2 Å². The molecule has 1 fully saturated rings. The van der Waals surface area contributed by atoms with Crippen molar-refractivity contribution < 1.29 is 0 Å². The summed E-state index contributed by atoms with van der Waals surface area (Å²) < 4.78 is 0. The SMILES string of the molecule is CCN(CC1CCCNC1)c1nc(C)cs1. The van der Waals surface area contributed by atoms with E-state index in [1.807, 2.05) is 0 Å². The number of rotatable bonds is 4. The Bertz CT molecular complexity index is 318. The maximum Gasteiger partial charge on any atom is 0.185 e. The number of hydrogen-bond donors (Lipinski definition) is 1. The lowest BCUT2D eigenvalue weighted by Gasteiger charge is -2.29. The van der Waals surface area contributed by atoms with Crippen molar-refractivity contribution in [1.29, 1.82) is 0 Å². The van der Waals surface area contributed by atoms with Crippen LogP contribution in [0.3, 0.4) is 0 Å². The molecular weight excluding hydrogens is 218 g/mol. The zero-order chi connectivity index (χ0) is 11.4. The molecule has 0 saturated carbocycles. The third-order valence-corrected chi connectivity index (χ3v) is 4.16. The summed E-state index contributed by atoms with van der Waals surface area (Å²) in [4.78, 5) is 6.98. The molecule has 1 aliphatic heterocycles. The minimum atomic E-state index is 0.790. The van der Waals surface area contributed by atoms with Crippen molar-refractivity contribution in [1.82, 2.24) is 10.3 Å². The number of hydrogen-bond acceptors (Lipinski definition) is 4. The van der Waals surface area contributed by atoms with Gasteiger partial charge in [0.1, 0.15) is 0 Å². The molecule has 0 spiro atoms. The Morgan fingerprint density at radius 1 is 1.62 bits per heavy atom. The van der Waals surface area contributed by atoms with Gasteiger partial charge in [-0.2, -0.15) is 0 Å². The number of anilines is 1. The second-order valence-corrected chi connectivity index (χ2v) is 5.36. The summed E-state index contributed by atoms with van der Waals surface area (Å²) in [6, 6.07) is 0. The van der Waals surface area contributed by atoms with Crippen molar-refractivity contribution in [2.45, 2.75) is 26.7 Å². The first kappa shape index (κ1) is 11.9. The Morgan fingerprint density at radius 2 is 2.50 bits per heavy atom. The van der Waals surface area contributed by atoms with Crippen molar-refractivity contribution in [2.75, 3.05) is 31.1 Å². The van der Waals surface area contributed by atoms with Crippen LogP contribution in [-0.2, 0) is 0 Å². The summed E-state index contributed by atoms with van der Waals surface area (Å²) >= 11 is 1.77. The summed E-state index contributed by atoms with van der Waals surface area (Å²) in [6.07, 6.45) is 2.67. The molecule has 1 N–H and O–H groups in total. The Balaban J connectivity index is 1.94. The molecule has 0 radical (unpaired) electrons. The van der Waals surface area contributed by atoms with E-state index in [4.69, 9.17) is 0 Å². The minimum Gasteiger partial charge on any atom is -0.348 e. The van der Waals surface area contributed by atoms with Crippen molar-refractivity contribution in [3.63, 3.8) is 0 Å². The molecule has 1 atom stereocenters. The van der Waals surface area contributed by atoms with Gasteiger partial charge in [0.05, 0.1) is 5.69 Å². The molecule has 1 saturated heterocycles. The number of piperidine rings is 1. The van der Waals surface area contributed by atoms with Gasteiger partial charge in [0.2, 0.25) is 0 Å². The molecular formula is C12H21N3S. The normalized spacial score (nSPS) is 21.0. The summed E-state index contributed by atoms with van der Waals surface area (Å²) in [5.41, 5.74) is 1.14. The zero-order valence-electron chi connectivity index (χ0n) is 10.2. The number of nitrogens with one attached hydrogen (secondary N) is 1. The van der Waals surface area contributed by atoms with Gasteiger partial charge in [0, 0.05) is 18.5 Å². The third kappa shape index (κ3) is 2.95. The smallest absolute Gasteiger partial charge is 0.185 e. The Morgan fingerprint density at radius 3 is 3.06 bits per heavy atom. The molecule has 3 nitrogen and oxygen atoms in total. The number of thiazole rings is 1. The molecule has 2 rings (SSSR count). The third-order valence-electron chi connectivity index (χ3n) is 3.14. The van der Waals surface area contributed by atoms with Gasteiger partial charge in [-0.1, -0.05) is 0 Å². The van der Waals surface area contributed by atoms with Crippen molar-refractivity contribution in [3.8, 4) is 0 Å². The number of aromatic nitrogens is 1. The van der Waals surface area contributed by atoms with Crippen molar-refractivity contribution in [2.24, 2.45) is 5.92 Å². The summed E-state index contributed by atoms with van der Waals surface area (Å²) in [5, 5.41) is 6.80. The van der Waals surface area contributed by atoms with E-state index in [2.05, 4.69) is 34.4 Å². The zero-order valence-corrected chi connectivity index (χ0v) is 11.0. The second kappa shape index (κ2) is 5.64. The fourth-order valence-electron chi connectivity index (χ4n) is 2.22. The quantitative estimate of drug-likeness (QED) is 0.873. The predicted octanol–water partition coefficient (Wildman–Crippen LogP) is 2.28. The van der Waals surface area contributed by atoms with Gasteiger partial charge in [0.15, 0.2) is 5.13 Å². The molecule has 1 aliphatic rings. The molecule has 1 aromatic rings. The van der Waals surface area contributed by atoms with E-state index >= 15 is 0 Å². The average Bonchev–Trinajstić information content (AvgIpc) is 2.74. The molecule has 4 heteroatoms. The minimum absolute atomic E-state index is 0.790. The summed E-state index contributed by atoms with van der Waals surface area (Å²) in [7, 11) is 0. The first-order valence-electron chi connectivity index (χ1n) is 6.17. The molecule has 0 aromatic carbocycles. The highest BCUT2D eigenvalue weighted by atomic mass is 32.1. The highest BCUT2D eigenvalue weighted by Crippen LogP contribution is 2.22. The molecule has 0 amide bonds. The fraction of sp³-hybridized carbons (Fsp3) is 0.750. The van der Waals surface area contributed by atoms with Gasteiger partial charge in [-0.05, 0) is 45.7 Å². The molecule has 0 aliphatic carbocycles. The van der Waals surface area contributed by atoms with Crippen LogP contribution in [-0.4, -0.2) is 31.2 Å². The van der Waals surface area contributed by atoms with E-state index in [1.165, 1.54) is 31.1 Å². The van der Waals surface area contributed by atoms with E-state index in [0.717, 1.165) is 24.7 Å². The van der Waals surface area contributed by atoms with Gasteiger partial charge in [-0.3, -0.25) is 0 Å². The maximum absolute atomic E-state index is 4.57. The van der Waals surface area contributed by atoms with Crippen LogP contribution in [0.4, 0.5) is 5.13 Å². The molecule has 1 unspecified atom stereocenters. The van der Waals surface area contributed by atoms with E-state index in [-0.39, 0.29) is 0 Å². The van der Waals surface area contributed by atoms with Crippen molar-refractivity contribution >= 4 is 16.5 Å². The molecule has 1 aromatic heterocycles. The van der Waals surface area contributed by atoms with Crippen LogP contribution < -0.4 is 10.2 Å². The molecule has 2 heterocycles. The van der Waals surface area contributed by atoms with E-state index in [0.29, 0.717) is 0 Å². The van der Waals surface area contributed by atoms with Crippen LogP contribution >= 0.6 is 11.3 Å². The van der Waals surface area contributed by atoms with Crippen LogP contribution in [0.15, 0.2) is 5.38 Å². The summed E-state index contributed by atoms with van der Waals surface area (Å²) in [6.45, 7) is 8.85. The molecule has 16 heavy (non-hydrogen) atoms. The summed E-state index contributed by atoms with van der Waals surface area (Å²) in [5.74, 6) is 0.790. The van der Waals surface area contributed by atoms with Crippen molar-refractivity contribution in [3.05, 3.63) is 11.1 Å².